The third kappa shape index (κ3) is 3.05. The maximum absolute atomic E-state index is 12.9. The molecule has 4 N–H and O–H groups in total. The molecule has 3 heterocycles. The van der Waals surface area contributed by atoms with Gasteiger partial charge in [-0.1, -0.05) is 6.07 Å². The summed E-state index contributed by atoms with van der Waals surface area (Å²) in [5.74, 6) is 0.833. The number of nitrogens with one attached hydrogen (secondary N) is 3. The molecule has 0 aliphatic carbocycles. The van der Waals surface area contributed by atoms with Crippen LogP contribution in [0.3, 0.4) is 0 Å². The molecule has 9 heteroatoms. The summed E-state index contributed by atoms with van der Waals surface area (Å²) in [4.78, 5) is 31.2. The molecule has 4 aromatic rings. The van der Waals surface area contributed by atoms with Gasteiger partial charge in [-0.05, 0) is 42.3 Å². The molecule has 0 spiro atoms. The van der Waals surface area contributed by atoms with E-state index in [-0.39, 0.29) is 5.56 Å². The summed E-state index contributed by atoms with van der Waals surface area (Å²) in [5, 5.41) is 15.4. The monoisotopic (exact) mass is 434 g/mol. The molecule has 0 amide bonds. The number of H-pyrrole nitrogens is 2. The predicted molar refractivity (Wildman–Crippen MR) is 119 cm³/mol. The van der Waals surface area contributed by atoms with Gasteiger partial charge < -0.3 is 24.9 Å². The maximum atomic E-state index is 12.9. The van der Waals surface area contributed by atoms with Crippen molar-refractivity contribution in [2.24, 2.45) is 0 Å². The molecule has 0 bridgehead atoms. The Balaban J connectivity index is 1.71. The summed E-state index contributed by atoms with van der Waals surface area (Å²) >= 11 is 0. The fourth-order valence-electron chi connectivity index (χ4n) is 4.37. The van der Waals surface area contributed by atoms with Crippen LogP contribution in [0.1, 0.15) is 22.9 Å². The number of hydrogen-bond donors (Lipinski definition) is 4. The second-order valence-electron chi connectivity index (χ2n) is 7.60. The van der Waals surface area contributed by atoms with Crippen LogP contribution in [0, 0.1) is 0 Å². The molecular formula is C23H22N4O5. The SMILES string of the molecule is COc1cccc(-n2c(O)c([C@@H]3NCCc4c3[nH]c3ccc(OC)cc43)c(=O)[nH]c2=O)c1. The van der Waals surface area contributed by atoms with Gasteiger partial charge in [0.2, 0.25) is 5.88 Å². The van der Waals surface area contributed by atoms with Gasteiger partial charge in [-0.25, -0.2) is 9.36 Å². The molecule has 1 aliphatic heterocycles. The highest BCUT2D eigenvalue weighted by Gasteiger charge is 2.31. The number of rotatable bonds is 4. The van der Waals surface area contributed by atoms with Gasteiger partial charge in [-0.2, -0.15) is 0 Å². The minimum atomic E-state index is -0.734. The summed E-state index contributed by atoms with van der Waals surface area (Å²) in [6.07, 6.45) is 0.743. The maximum Gasteiger partial charge on any atom is 0.335 e. The van der Waals surface area contributed by atoms with Crippen LogP contribution in [0.5, 0.6) is 17.4 Å². The molecule has 32 heavy (non-hydrogen) atoms. The van der Waals surface area contributed by atoms with Crippen molar-refractivity contribution >= 4 is 10.9 Å². The molecule has 2 aromatic carbocycles. The van der Waals surface area contributed by atoms with E-state index in [1.807, 2.05) is 18.2 Å². The number of aromatic amines is 2. The zero-order valence-electron chi connectivity index (χ0n) is 17.6. The summed E-state index contributed by atoms with van der Waals surface area (Å²) in [7, 11) is 3.13. The highest BCUT2D eigenvalue weighted by molar-refractivity contribution is 5.86. The van der Waals surface area contributed by atoms with E-state index in [2.05, 4.69) is 15.3 Å². The zero-order valence-corrected chi connectivity index (χ0v) is 17.6. The third-order valence-electron chi connectivity index (χ3n) is 5.88. The molecule has 1 atom stereocenters. The third-order valence-corrected chi connectivity index (χ3v) is 5.88. The Morgan fingerprint density at radius 3 is 2.59 bits per heavy atom. The Morgan fingerprint density at radius 2 is 1.81 bits per heavy atom. The van der Waals surface area contributed by atoms with Crippen LogP contribution in [0.15, 0.2) is 52.1 Å². The van der Waals surface area contributed by atoms with Crippen LogP contribution in [0.2, 0.25) is 0 Å². The predicted octanol–water partition coefficient (Wildman–Crippen LogP) is 1.96. The zero-order chi connectivity index (χ0) is 22.4. The Labute approximate surface area is 182 Å². The molecule has 0 saturated heterocycles. The normalized spacial score (nSPS) is 15.5. The molecule has 0 unspecified atom stereocenters. The number of ether oxygens (including phenoxy) is 2. The number of methoxy groups -OCH3 is 2. The van der Waals surface area contributed by atoms with Crippen LogP contribution in [-0.4, -0.2) is 40.4 Å². The Bertz CT molecular complexity index is 1450. The first-order valence-electron chi connectivity index (χ1n) is 10.2. The van der Waals surface area contributed by atoms with Gasteiger partial charge >= 0.3 is 5.69 Å². The van der Waals surface area contributed by atoms with Crippen molar-refractivity contribution in [1.82, 2.24) is 19.9 Å². The van der Waals surface area contributed by atoms with Gasteiger partial charge in [0, 0.05) is 29.2 Å². The average Bonchev–Trinajstić information content (AvgIpc) is 3.17. The number of aromatic nitrogens is 3. The lowest BCUT2D eigenvalue weighted by molar-refractivity contribution is 0.406. The van der Waals surface area contributed by atoms with Crippen molar-refractivity contribution in [3.05, 3.63) is 80.1 Å². The van der Waals surface area contributed by atoms with Crippen molar-refractivity contribution in [1.29, 1.82) is 0 Å². The molecule has 0 fully saturated rings. The van der Waals surface area contributed by atoms with Gasteiger partial charge in [0.1, 0.15) is 17.1 Å². The topological polar surface area (TPSA) is 121 Å². The van der Waals surface area contributed by atoms with E-state index >= 15 is 0 Å². The summed E-state index contributed by atoms with van der Waals surface area (Å²) in [6, 6.07) is 11.8. The molecule has 1 aliphatic rings. The van der Waals surface area contributed by atoms with E-state index in [4.69, 9.17) is 9.47 Å². The molecule has 0 saturated carbocycles. The lowest BCUT2D eigenvalue weighted by atomic mass is 9.95. The van der Waals surface area contributed by atoms with E-state index in [1.54, 1.807) is 31.4 Å². The van der Waals surface area contributed by atoms with Gasteiger partial charge in [0.25, 0.3) is 5.56 Å². The molecule has 9 nitrogen and oxygen atoms in total. The molecule has 5 rings (SSSR count). The number of benzene rings is 2. The molecule has 2 aromatic heterocycles. The molecule has 164 valence electrons. The van der Waals surface area contributed by atoms with Crippen molar-refractivity contribution in [2.45, 2.75) is 12.5 Å². The van der Waals surface area contributed by atoms with E-state index in [1.165, 1.54) is 7.11 Å². The lowest BCUT2D eigenvalue weighted by Crippen LogP contribution is -2.38. The largest absolute Gasteiger partial charge is 0.497 e. The van der Waals surface area contributed by atoms with Crippen molar-refractivity contribution in [2.75, 3.05) is 20.8 Å². The fraction of sp³-hybridized carbons (Fsp3) is 0.217. The van der Waals surface area contributed by atoms with Gasteiger partial charge in [0.15, 0.2) is 0 Å². The molecular weight excluding hydrogens is 412 g/mol. The highest BCUT2D eigenvalue weighted by Crippen LogP contribution is 2.36. The summed E-state index contributed by atoms with van der Waals surface area (Å²) < 4.78 is 11.7. The summed E-state index contributed by atoms with van der Waals surface area (Å²) in [6.45, 7) is 0.596. The van der Waals surface area contributed by atoms with Crippen LogP contribution in [-0.2, 0) is 6.42 Å². The Kier molecular flexibility index (Phi) is 4.75. The first-order chi connectivity index (χ1) is 15.5. The number of fused-ring (bicyclic) bond motifs is 3. The quantitative estimate of drug-likeness (QED) is 0.390. The first-order valence-corrected chi connectivity index (χ1v) is 10.2. The van der Waals surface area contributed by atoms with Crippen LogP contribution < -0.4 is 26.0 Å². The second-order valence-corrected chi connectivity index (χ2v) is 7.60. The Hall–Kier alpha value is -3.98. The number of aromatic hydroxyl groups is 1. The van der Waals surface area contributed by atoms with Crippen molar-refractivity contribution in [3.8, 4) is 23.1 Å². The van der Waals surface area contributed by atoms with Gasteiger partial charge in [-0.15, -0.1) is 0 Å². The van der Waals surface area contributed by atoms with Gasteiger partial charge in [-0.3, -0.25) is 9.78 Å². The van der Waals surface area contributed by atoms with E-state index < -0.39 is 23.2 Å². The van der Waals surface area contributed by atoms with Crippen LogP contribution >= 0.6 is 0 Å². The fourth-order valence-corrected chi connectivity index (χ4v) is 4.37. The van der Waals surface area contributed by atoms with Crippen LogP contribution in [0.25, 0.3) is 16.6 Å². The average molecular weight is 434 g/mol. The van der Waals surface area contributed by atoms with E-state index in [0.717, 1.165) is 38.9 Å². The van der Waals surface area contributed by atoms with E-state index in [9.17, 15) is 14.7 Å². The van der Waals surface area contributed by atoms with Crippen molar-refractivity contribution < 1.29 is 14.6 Å². The van der Waals surface area contributed by atoms with Crippen molar-refractivity contribution in [3.63, 3.8) is 0 Å². The number of hydrogen-bond acceptors (Lipinski definition) is 6. The minimum absolute atomic E-state index is 0.0619. The Morgan fingerprint density at radius 1 is 1.03 bits per heavy atom. The lowest BCUT2D eigenvalue weighted by Gasteiger charge is -2.25. The standard InChI is InChI=1S/C23H22N4O5/c1-31-13-5-3-4-12(10-13)27-22(29)18(21(28)26-23(27)30)20-19-15(8-9-24-20)16-11-14(32-2)6-7-17(16)25-19/h3-7,10-11,20,24-25,29H,8-9H2,1-2H3,(H,26,28,30)/t20-/m0/s1. The first kappa shape index (κ1) is 20.0. The minimum Gasteiger partial charge on any atom is -0.497 e. The molecule has 0 radical (unpaired) electrons. The van der Waals surface area contributed by atoms with E-state index in [0.29, 0.717) is 18.0 Å². The van der Waals surface area contributed by atoms with Crippen LogP contribution in [0.4, 0.5) is 0 Å². The van der Waals surface area contributed by atoms with Gasteiger partial charge in [0.05, 0.1) is 25.9 Å². The summed E-state index contributed by atoms with van der Waals surface area (Å²) in [5.41, 5.74) is 1.78. The smallest absolute Gasteiger partial charge is 0.335 e. The highest BCUT2D eigenvalue weighted by atomic mass is 16.5. The number of nitrogens with zero attached hydrogens (tertiary/aromatic N) is 1. The second kappa shape index (κ2) is 7.61.